The number of aryl methyl sites for hydroxylation is 5. The molecule has 11 heteroatoms. The van der Waals surface area contributed by atoms with E-state index in [1.807, 2.05) is 79.4 Å². The average molecular weight is 1650 g/mol. The largest absolute Gasteiger partial charge is 0.456 e. The van der Waals surface area contributed by atoms with Crippen LogP contribution in [0.5, 0.6) is 0 Å². The Morgan fingerprint density at radius 3 is 1.05 bits per heavy atom. The average Bonchev–Trinajstić information content (AvgIpc) is 1.51. The summed E-state index contributed by atoms with van der Waals surface area (Å²) >= 11 is 0. The fraction of sp³-hybridized carbons (Fsp3) is 0.111. The van der Waals surface area contributed by atoms with Crippen LogP contribution in [0.2, 0.25) is 0 Å². The van der Waals surface area contributed by atoms with E-state index < -0.39 is 5.41 Å². The van der Waals surface area contributed by atoms with Crippen LogP contribution in [-0.4, -0.2) is 49.8 Å². The summed E-state index contributed by atoms with van der Waals surface area (Å²) in [6, 6.07) is 114. The van der Waals surface area contributed by atoms with Gasteiger partial charge in [-0.25, -0.2) is 49.8 Å². The van der Waals surface area contributed by atoms with Crippen molar-refractivity contribution in [3.8, 4) is 113 Å². The first-order valence-electron chi connectivity index (χ1n) is 43.7. The molecule has 14 aromatic carbocycles. The summed E-state index contributed by atoms with van der Waals surface area (Å²) in [6.45, 7) is 20.1. The number of hydrogen-bond acceptors (Lipinski definition) is 11. The van der Waals surface area contributed by atoms with E-state index in [1.165, 1.54) is 156 Å². The van der Waals surface area contributed by atoms with Crippen molar-refractivity contribution in [1.29, 1.82) is 0 Å². The molecule has 0 unspecified atom stereocenters. The van der Waals surface area contributed by atoms with E-state index in [4.69, 9.17) is 4.42 Å². The Hall–Kier alpha value is -15.7. The van der Waals surface area contributed by atoms with Crippen molar-refractivity contribution in [3.63, 3.8) is 0 Å². The Morgan fingerprint density at radius 2 is 0.555 bits per heavy atom. The van der Waals surface area contributed by atoms with E-state index >= 15 is 0 Å². The lowest BCUT2D eigenvalue weighted by molar-refractivity contribution is 0.660. The predicted molar refractivity (Wildman–Crippen MR) is 517 cm³/mol. The van der Waals surface area contributed by atoms with Crippen LogP contribution >= 0.6 is 0 Å². The van der Waals surface area contributed by atoms with Crippen LogP contribution in [0.1, 0.15) is 122 Å². The molecule has 5 aliphatic rings. The lowest BCUT2D eigenvalue weighted by atomic mass is 9.67. The standard InChI is InChI=1S/C30H20N2.C30H22N2.2C20H18N2.C17H12N2O/c1-19-8-6-13-26-28(19)23-15-14-20(29-31-16-7-17-32-29)18-27(23)30(26)24-11-4-2-9-21(24)22-10-3-5-12-25(22)30;1-21-10-8-15-26-28(21)25-17-16-22(29-31-18-9-19-32-29)20-27(25)30(26,23-11-4-2-5-12-23)24-13-6-3-7-14-24;1-13-6-4-7-16-18(13)15-9-8-14(12-17(15)20(16,2)3)19-21-10-5-11-22-19;1-13-9-10-15(19-21-11-6-12-22-19)18-17(13)14-7-4-5-8-16(14)20(18,2)3;1-11-4-2-5-15-16(11)13-10-12(6-7-14(13)20-15)17-18-8-3-9-19-17/h2-18H,1H3;2-20H,1H3;2*4-12H,1-3H3;2-10H,1H3. The highest BCUT2D eigenvalue weighted by atomic mass is 16.3. The molecule has 0 saturated carbocycles. The fourth-order valence-electron chi connectivity index (χ4n) is 21.1. The van der Waals surface area contributed by atoms with Gasteiger partial charge in [-0.1, -0.05) is 276 Å². The van der Waals surface area contributed by atoms with Gasteiger partial charge in [-0.2, -0.15) is 0 Å². The van der Waals surface area contributed by atoms with Gasteiger partial charge in [0.25, 0.3) is 0 Å². The van der Waals surface area contributed by atoms with Gasteiger partial charge in [0, 0.05) is 111 Å². The molecule has 128 heavy (non-hydrogen) atoms. The third-order valence-electron chi connectivity index (χ3n) is 26.7. The molecule has 5 aliphatic carbocycles. The van der Waals surface area contributed by atoms with E-state index in [1.54, 1.807) is 37.2 Å². The molecule has 6 heterocycles. The number of furan rings is 1. The van der Waals surface area contributed by atoms with Gasteiger partial charge in [0.05, 0.1) is 10.8 Å². The SMILES string of the molecule is Cc1ccc(-c2ncccn2)c2c1-c1ccccc1C2(C)C.Cc1cccc2c1-c1ccc(-c3ncccn3)cc1C2(C)C.Cc1cccc2c1-c1ccc(-c3ncccn3)cc1C2(c1ccccc1)c1ccccc1.Cc1cccc2c1-c1ccc(-c3ncccn3)cc1C21c2ccccc2-c2ccccc21.Cc1cccc2oc3ccc(-c4ncccn4)cc3c12. The van der Waals surface area contributed by atoms with Crippen LogP contribution < -0.4 is 0 Å². The van der Waals surface area contributed by atoms with Gasteiger partial charge in [0.2, 0.25) is 0 Å². The second-order valence-corrected chi connectivity index (χ2v) is 34.7. The maximum absolute atomic E-state index is 5.88. The Kier molecular flexibility index (Phi) is 19.9. The van der Waals surface area contributed by atoms with Gasteiger partial charge in [0.1, 0.15) is 11.2 Å². The summed E-state index contributed by atoms with van der Waals surface area (Å²) in [5.74, 6) is 3.83. The van der Waals surface area contributed by atoms with Gasteiger partial charge >= 0.3 is 0 Å². The van der Waals surface area contributed by atoms with Crippen molar-refractivity contribution in [1.82, 2.24) is 49.8 Å². The minimum Gasteiger partial charge on any atom is -0.456 e. The lowest BCUT2D eigenvalue weighted by Gasteiger charge is -2.34. The van der Waals surface area contributed by atoms with E-state index in [-0.39, 0.29) is 16.2 Å². The second-order valence-electron chi connectivity index (χ2n) is 34.7. The zero-order chi connectivity index (χ0) is 87.0. The summed E-state index contributed by atoms with van der Waals surface area (Å²) in [5.41, 5.74) is 42.3. The first-order valence-corrected chi connectivity index (χ1v) is 43.7. The summed E-state index contributed by atoms with van der Waals surface area (Å²) < 4.78 is 5.88. The van der Waals surface area contributed by atoms with Crippen LogP contribution in [-0.2, 0) is 21.7 Å². The molecule has 614 valence electrons. The maximum atomic E-state index is 5.88. The third kappa shape index (κ3) is 13.0. The van der Waals surface area contributed by atoms with Crippen LogP contribution in [0, 0.1) is 34.6 Å². The Balaban J connectivity index is 0.0000000986. The molecule has 0 saturated heterocycles. The molecule has 11 nitrogen and oxygen atoms in total. The number of rotatable bonds is 7. The molecule has 0 fully saturated rings. The van der Waals surface area contributed by atoms with E-state index in [9.17, 15) is 0 Å². The molecule has 6 aromatic heterocycles. The smallest absolute Gasteiger partial charge is 0.159 e. The number of aromatic nitrogens is 10. The van der Waals surface area contributed by atoms with E-state index in [2.05, 4.69) is 379 Å². The van der Waals surface area contributed by atoms with Gasteiger partial charge in [-0.3, -0.25) is 0 Å². The van der Waals surface area contributed by atoms with Gasteiger partial charge in [-0.15, -0.1) is 0 Å². The van der Waals surface area contributed by atoms with Crippen molar-refractivity contribution < 1.29 is 4.42 Å². The summed E-state index contributed by atoms with van der Waals surface area (Å²) in [5, 5.41) is 2.28. The Morgan fingerprint density at radius 1 is 0.211 bits per heavy atom. The normalized spacial score (nSPS) is 13.6. The van der Waals surface area contributed by atoms with Gasteiger partial charge in [0.15, 0.2) is 29.1 Å². The molecule has 0 N–H and O–H groups in total. The Bertz CT molecular complexity index is 7440. The quantitative estimate of drug-likeness (QED) is 0.150. The van der Waals surface area contributed by atoms with Crippen LogP contribution in [0.15, 0.2) is 388 Å². The summed E-state index contributed by atoms with van der Waals surface area (Å²) in [6.07, 6.45) is 17.9. The number of nitrogens with zero attached hydrogens (tertiary/aromatic N) is 10. The van der Waals surface area contributed by atoms with Crippen molar-refractivity contribution in [2.24, 2.45) is 0 Å². The molecule has 0 bridgehead atoms. The second kappa shape index (κ2) is 32.1. The number of fused-ring (bicyclic) bond motifs is 22. The molecular formula is C117H90N10O. The van der Waals surface area contributed by atoms with Crippen LogP contribution in [0.4, 0.5) is 0 Å². The molecule has 0 amide bonds. The maximum Gasteiger partial charge on any atom is 0.159 e. The highest BCUT2D eigenvalue weighted by Crippen LogP contribution is 2.65. The number of hydrogen-bond donors (Lipinski definition) is 0. The zero-order valence-electron chi connectivity index (χ0n) is 72.8. The van der Waals surface area contributed by atoms with E-state index in [0.29, 0.717) is 0 Å². The topological polar surface area (TPSA) is 142 Å². The Labute approximate surface area is 745 Å². The van der Waals surface area contributed by atoms with Crippen molar-refractivity contribution in [3.05, 3.63) is 478 Å². The van der Waals surface area contributed by atoms with Crippen molar-refractivity contribution in [2.45, 2.75) is 84.0 Å². The fourth-order valence-corrected chi connectivity index (χ4v) is 21.1. The van der Waals surface area contributed by atoms with E-state index in [0.717, 1.165) is 73.5 Å². The molecule has 0 radical (unpaired) electrons. The minimum atomic E-state index is -0.399. The van der Waals surface area contributed by atoms with Gasteiger partial charge in [-0.05, 0) is 258 Å². The summed E-state index contributed by atoms with van der Waals surface area (Å²) in [4.78, 5) is 44.4. The predicted octanol–water partition coefficient (Wildman–Crippen LogP) is 27.5. The first-order chi connectivity index (χ1) is 62.6. The van der Waals surface area contributed by atoms with Gasteiger partial charge < -0.3 is 4.42 Å². The molecule has 0 atom stereocenters. The molecule has 25 rings (SSSR count). The lowest BCUT2D eigenvalue weighted by Crippen LogP contribution is -2.28. The molecule has 20 aromatic rings. The highest BCUT2D eigenvalue weighted by molar-refractivity contribution is 6.08. The third-order valence-corrected chi connectivity index (χ3v) is 26.7. The monoisotopic (exact) mass is 1650 g/mol. The van der Waals surface area contributed by atoms with Crippen LogP contribution in [0.25, 0.3) is 135 Å². The van der Waals surface area contributed by atoms with Crippen molar-refractivity contribution >= 4 is 21.9 Å². The minimum absolute atomic E-state index is 0.0154. The molecular weight excluding hydrogens is 1560 g/mol. The zero-order valence-corrected chi connectivity index (χ0v) is 72.8. The summed E-state index contributed by atoms with van der Waals surface area (Å²) in [7, 11) is 0. The number of benzene rings is 14. The highest BCUT2D eigenvalue weighted by Gasteiger charge is 2.53. The van der Waals surface area contributed by atoms with Crippen molar-refractivity contribution in [2.75, 3.05) is 0 Å². The molecule has 1 spiro atoms. The van der Waals surface area contributed by atoms with Crippen LogP contribution in [0.3, 0.4) is 0 Å². The molecule has 0 aliphatic heterocycles. The first kappa shape index (κ1) is 79.5.